The van der Waals surface area contributed by atoms with Crippen molar-refractivity contribution in [3.63, 3.8) is 0 Å². The molecule has 2 rings (SSSR count). The van der Waals surface area contributed by atoms with E-state index in [1.165, 1.54) is 12.1 Å². The van der Waals surface area contributed by atoms with Crippen molar-refractivity contribution < 1.29 is 14.3 Å². The van der Waals surface area contributed by atoms with Gasteiger partial charge in [-0.3, -0.25) is 0 Å². The highest BCUT2D eigenvalue weighted by atomic mass is 19.1. The molecule has 1 heterocycles. The second-order valence-corrected chi connectivity index (χ2v) is 4.26. The van der Waals surface area contributed by atoms with Crippen molar-refractivity contribution in [3.05, 3.63) is 47.9 Å². The Morgan fingerprint density at radius 1 is 1.21 bits per heavy atom. The average Bonchev–Trinajstić information content (AvgIpc) is 2.38. The number of carbonyl (C=O) groups is 1. The van der Waals surface area contributed by atoms with Gasteiger partial charge < -0.3 is 10.0 Å². The first kappa shape index (κ1) is 13.0. The van der Waals surface area contributed by atoms with Crippen LogP contribution >= 0.6 is 0 Å². The standard InChI is InChI=1S/C14H13FN2O2/c1-17(2)13-12(14(18)19)11(7-8-16-13)9-3-5-10(15)6-4-9/h3-8H,1-2H3,(H,18,19). The third-order valence-electron chi connectivity index (χ3n) is 2.72. The molecule has 0 atom stereocenters. The summed E-state index contributed by atoms with van der Waals surface area (Å²) in [6.45, 7) is 0. The highest BCUT2D eigenvalue weighted by molar-refractivity contribution is 6.00. The van der Waals surface area contributed by atoms with Crippen LogP contribution in [0.15, 0.2) is 36.5 Å². The maximum Gasteiger partial charge on any atom is 0.340 e. The maximum absolute atomic E-state index is 12.9. The lowest BCUT2D eigenvalue weighted by atomic mass is 10.0. The minimum absolute atomic E-state index is 0.110. The summed E-state index contributed by atoms with van der Waals surface area (Å²) in [6, 6.07) is 7.32. The molecule has 5 heteroatoms. The molecule has 0 bridgehead atoms. The molecule has 0 unspecified atom stereocenters. The van der Waals surface area contributed by atoms with Crippen LogP contribution in [0.4, 0.5) is 10.2 Å². The van der Waals surface area contributed by atoms with Crippen molar-refractivity contribution in [1.29, 1.82) is 0 Å². The minimum atomic E-state index is -1.06. The fourth-order valence-corrected chi connectivity index (χ4v) is 1.87. The molecule has 0 aliphatic heterocycles. The van der Waals surface area contributed by atoms with Gasteiger partial charge in [-0.15, -0.1) is 0 Å². The van der Waals surface area contributed by atoms with Crippen molar-refractivity contribution in [2.24, 2.45) is 0 Å². The predicted molar refractivity (Wildman–Crippen MR) is 70.9 cm³/mol. The molecule has 1 N–H and O–H groups in total. The molecule has 1 aromatic carbocycles. The topological polar surface area (TPSA) is 53.4 Å². The lowest BCUT2D eigenvalue weighted by Gasteiger charge is -2.16. The molecule has 0 aliphatic carbocycles. The van der Waals surface area contributed by atoms with Crippen molar-refractivity contribution >= 4 is 11.8 Å². The first-order valence-corrected chi connectivity index (χ1v) is 5.66. The number of aromatic nitrogens is 1. The molecule has 0 amide bonds. The van der Waals surface area contributed by atoms with E-state index < -0.39 is 5.97 Å². The predicted octanol–water partition coefficient (Wildman–Crippen LogP) is 2.65. The van der Waals surface area contributed by atoms with E-state index in [0.29, 0.717) is 16.9 Å². The van der Waals surface area contributed by atoms with Gasteiger partial charge >= 0.3 is 5.97 Å². The first-order chi connectivity index (χ1) is 9.00. The first-order valence-electron chi connectivity index (χ1n) is 5.66. The summed E-state index contributed by atoms with van der Waals surface area (Å²) < 4.78 is 12.9. The lowest BCUT2D eigenvalue weighted by Crippen LogP contribution is -2.16. The van der Waals surface area contributed by atoms with Crippen LogP contribution in [0.25, 0.3) is 11.1 Å². The van der Waals surface area contributed by atoms with Crippen LogP contribution < -0.4 is 4.90 Å². The van der Waals surface area contributed by atoms with Crippen LogP contribution in [0, 0.1) is 5.82 Å². The van der Waals surface area contributed by atoms with E-state index in [4.69, 9.17) is 0 Å². The van der Waals surface area contributed by atoms with Gasteiger partial charge in [0.05, 0.1) is 0 Å². The van der Waals surface area contributed by atoms with E-state index in [0.717, 1.165) is 0 Å². The third-order valence-corrected chi connectivity index (χ3v) is 2.72. The highest BCUT2D eigenvalue weighted by Gasteiger charge is 2.19. The Labute approximate surface area is 110 Å². The Kier molecular flexibility index (Phi) is 3.46. The molecule has 0 saturated carbocycles. The number of halogens is 1. The normalized spacial score (nSPS) is 10.3. The van der Waals surface area contributed by atoms with Crippen molar-refractivity contribution in [1.82, 2.24) is 4.98 Å². The van der Waals surface area contributed by atoms with Gasteiger partial charge in [-0.05, 0) is 23.8 Å². The second kappa shape index (κ2) is 5.06. The summed E-state index contributed by atoms with van der Waals surface area (Å²) >= 11 is 0. The molecule has 0 radical (unpaired) electrons. The van der Waals surface area contributed by atoms with E-state index >= 15 is 0 Å². The zero-order chi connectivity index (χ0) is 14.0. The molecular weight excluding hydrogens is 247 g/mol. The van der Waals surface area contributed by atoms with Crippen LogP contribution in [-0.4, -0.2) is 30.2 Å². The number of carboxylic acid groups (broad SMARTS) is 1. The Balaban J connectivity index is 2.66. The summed E-state index contributed by atoms with van der Waals surface area (Å²) in [5, 5.41) is 9.37. The Morgan fingerprint density at radius 2 is 1.84 bits per heavy atom. The minimum Gasteiger partial charge on any atom is -0.478 e. The molecule has 0 fully saturated rings. The third kappa shape index (κ3) is 2.54. The van der Waals surface area contributed by atoms with Crippen molar-refractivity contribution in [2.75, 3.05) is 19.0 Å². The summed E-state index contributed by atoms with van der Waals surface area (Å²) in [5.74, 6) is -1.05. The molecular formula is C14H13FN2O2. The van der Waals surface area contributed by atoms with Gasteiger partial charge in [0.25, 0.3) is 0 Å². The van der Waals surface area contributed by atoms with Gasteiger partial charge in [0.15, 0.2) is 0 Å². The maximum atomic E-state index is 12.9. The number of aromatic carboxylic acids is 1. The summed E-state index contributed by atoms with van der Waals surface area (Å²) in [4.78, 5) is 17.2. The number of benzene rings is 1. The Hall–Kier alpha value is -2.43. The average molecular weight is 260 g/mol. The Morgan fingerprint density at radius 3 is 2.37 bits per heavy atom. The van der Waals surface area contributed by atoms with Crippen molar-refractivity contribution in [2.45, 2.75) is 0 Å². The van der Waals surface area contributed by atoms with Crippen LogP contribution in [0.2, 0.25) is 0 Å². The van der Waals surface area contributed by atoms with Gasteiger partial charge in [0.2, 0.25) is 0 Å². The smallest absolute Gasteiger partial charge is 0.340 e. The van der Waals surface area contributed by atoms with Gasteiger partial charge in [0, 0.05) is 25.9 Å². The molecule has 0 saturated heterocycles. The number of anilines is 1. The fourth-order valence-electron chi connectivity index (χ4n) is 1.87. The van der Waals surface area contributed by atoms with Crippen LogP contribution in [0.1, 0.15) is 10.4 Å². The largest absolute Gasteiger partial charge is 0.478 e. The number of carboxylic acids is 1. The van der Waals surface area contributed by atoms with Crippen LogP contribution in [-0.2, 0) is 0 Å². The monoisotopic (exact) mass is 260 g/mol. The Bertz CT molecular complexity index is 609. The molecule has 19 heavy (non-hydrogen) atoms. The highest BCUT2D eigenvalue weighted by Crippen LogP contribution is 2.29. The van der Waals surface area contributed by atoms with E-state index in [1.54, 1.807) is 43.4 Å². The SMILES string of the molecule is CN(C)c1nccc(-c2ccc(F)cc2)c1C(=O)O. The molecule has 0 aliphatic rings. The summed E-state index contributed by atoms with van der Waals surface area (Å²) in [5.41, 5.74) is 1.27. The molecule has 1 aromatic heterocycles. The van der Waals surface area contributed by atoms with Gasteiger partial charge in [-0.25, -0.2) is 14.2 Å². The fraction of sp³-hybridized carbons (Fsp3) is 0.143. The number of hydrogen-bond donors (Lipinski definition) is 1. The second-order valence-electron chi connectivity index (χ2n) is 4.26. The van der Waals surface area contributed by atoms with Crippen molar-refractivity contribution in [3.8, 4) is 11.1 Å². The van der Waals surface area contributed by atoms with E-state index in [-0.39, 0.29) is 11.4 Å². The molecule has 2 aromatic rings. The zero-order valence-electron chi connectivity index (χ0n) is 10.6. The van der Waals surface area contributed by atoms with Gasteiger partial charge in [-0.2, -0.15) is 0 Å². The van der Waals surface area contributed by atoms with E-state index in [2.05, 4.69) is 4.98 Å². The zero-order valence-corrected chi connectivity index (χ0v) is 10.6. The van der Waals surface area contributed by atoms with E-state index in [1.807, 2.05) is 0 Å². The molecule has 0 spiro atoms. The number of nitrogens with zero attached hydrogens (tertiary/aromatic N) is 2. The number of rotatable bonds is 3. The quantitative estimate of drug-likeness (QED) is 0.921. The summed E-state index contributed by atoms with van der Waals surface area (Å²) in [7, 11) is 3.45. The van der Waals surface area contributed by atoms with Crippen LogP contribution in [0.5, 0.6) is 0 Å². The number of hydrogen-bond acceptors (Lipinski definition) is 3. The van der Waals surface area contributed by atoms with E-state index in [9.17, 15) is 14.3 Å². The van der Waals surface area contributed by atoms with Crippen LogP contribution in [0.3, 0.4) is 0 Å². The lowest BCUT2D eigenvalue weighted by molar-refractivity contribution is 0.0698. The van der Waals surface area contributed by atoms with Gasteiger partial charge in [-0.1, -0.05) is 12.1 Å². The van der Waals surface area contributed by atoms with Gasteiger partial charge in [0.1, 0.15) is 17.2 Å². The number of pyridine rings is 1. The summed E-state index contributed by atoms with van der Waals surface area (Å²) in [6.07, 6.45) is 1.54. The molecule has 4 nitrogen and oxygen atoms in total. The molecule has 98 valence electrons.